The summed E-state index contributed by atoms with van der Waals surface area (Å²) >= 11 is 0. The van der Waals surface area contributed by atoms with E-state index in [1.165, 1.54) is 0 Å². The molecule has 0 aromatic heterocycles. The molecule has 0 radical (unpaired) electrons. The van der Waals surface area contributed by atoms with Gasteiger partial charge in [-0.25, -0.2) is 0 Å². The highest BCUT2D eigenvalue weighted by Gasteiger charge is 2.61. The van der Waals surface area contributed by atoms with Crippen LogP contribution in [0.4, 0.5) is 0 Å². The lowest BCUT2D eigenvalue weighted by Gasteiger charge is -2.50. The van der Waals surface area contributed by atoms with E-state index in [0.717, 1.165) is 0 Å². The van der Waals surface area contributed by atoms with Crippen molar-refractivity contribution in [1.29, 1.82) is 0 Å². The van der Waals surface area contributed by atoms with Gasteiger partial charge < -0.3 is 223 Å². The minimum Gasteiger partial charge on any atom is -0.394 e. The van der Waals surface area contributed by atoms with Crippen molar-refractivity contribution in [3.05, 3.63) is 0 Å². The minimum absolute atomic E-state index is 0.906. The van der Waals surface area contributed by atoms with E-state index in [1.807, 2.05) is 0 Å². The van der Waals surface area contributed by atoms with Gasteiger partial charge >= 0.3 is 0 Å². The Hall–Kier alpha value is -1.80. The normalized spacial score (nSPS) is 55.1. The van der Waals surface area contributed by atoms with Crippen LogP contribution in [0.3, 0.4) is 0 Å². The summed E-state index contributed by atoms with van der Waals surface area (Å²) in [6.45, 7) is -9.86. The fourth-order valence-corrected chi connectivity index (χ4v) is 13.3. The zero-order valence-electron chi connectivity index (χ0n) is 51.8. The van der Waals surface area contributed by atoms with E-state index in [0.29, 0.717) is 0 Å². The Bertz CT molecular complexity index is 2450. The molecule has 1 unspecified atom stereocenters. The van der Waals surface area contributed by atoms with Gasteiger partial charge in [0.15, 0.2) is 56.6 Å². The van der Waals surface area contributed by atoms with E-state index in [1.54, 1.807) is 0 Å². The van der Waals surface area contributed by atoms with Gasteiger partial charge in [0.05, 0.1) is 59.5 Å². The first-order valence-corrected chi connectivity index (χ1v) is 31.6. The van der Waals surface area contributed by atoms with Crippen molar-refractivity contribution in [3.63, 3.8) is 0 Å². The first-order chi connectivity index (χ1) is 47.1. The number of hydrogen-bond acceptors (Lipinski definition) is 45. The molecule has 0 aromatic rings. The van der Waals surface area contributed by atoms with Gasteiger partial charge in [-0.3, -0.25) is 0 Å². The smallest absolute Gasteiger partial charge is 0.187 e. The molecule has 23 fully saturated rings. The van der Waals surface area contributed by atoms with Gasteiger partial charge in [-0.15, -0.1) is 0 Å². The van der Waals surface area contributed by atoms with Crippen molar-refractivity contribution < 1.29 is 223 Å². The minimum atomic E-state index is -2.43. The predicted molar refractivity (Wildman–Crippen MR) is 294 cm³/mol. The van der Waals surface area contributed by atoms with Crippen molar-refractivity contribution in [3.8, 4) is 0 Å². The number of aliphatic hydroxyl groups excluding tert-OH is 27. The van der Waals surface area contributed by atoms with Gasteiger partial charge in [-0.2, -0.15) is 0 Å². The second-order valence-corrected chi connectivity index (χ2v) is 25.3. The van der Waals surface area contributed by atoms with Crippen LogP contribution in [0, 0.1) is 0 Å². The zero-order valence-corrected chi connectivity index (χ0v) is 51.8. The molecule has 14 bridgehead atoms. The summed E-state index contributed by atoms with van der Waals surface area (Å²) in [7, 11) is 0. The van der Waals surface area contributed by atoms with Gasteiger partial charge in [0.25, 0.3) is 0 Å². The monoisotopic (exact) mass is 1460 g/mol. The average molecular weight is 1460 g/mol. The summed E-state index contributed by atoms with van der Waals surface area (Å²) in [6, 6.07) is 0. The molecule has 99 heavy (non-hydrogen) atoms. The third kappa shape index (κ3) is 16.0. The van der Waals surface area contributed by atoms with Gasteiger partial charge in [-0.05, 0) is 0 Å². The van der Waals surface area contributed by atoms with E-state index in [2.05, 4.69) is 0 Å². The Morgan fingerprint density at radius 2 is 0.404 bits per heavy atom. The summed E-state index contributed by atoms with van der Waals surface area (Å²) in [5, 5.41) is 299. The topological polar surface area (TPSA) is 712 Å². The second-order valence-electron chi connectivity index (χ2n) is 25.3. The maximum atomic E-state index is 12.0. The molecule has 576 valence electrons. The number of ether oxygens (including phenoxy) is 18. The fourth-order valence-electron chi connectivity index (χ4n) is 13.3. The van der Waals surface area contributed by atoms with Crippen LogP contribution in [0.5, 0.6) is 0 Å². The molecule has 45 atom stereocenters. The Balaban J connectivity index is 0.938. The largest absolute Gasteiger partial charge is 0.394 e. The molecule has 0 aromatic carbocycles. The summed E-state index contributed by atoms with van der Waals surface area (Å²) in [5.41, 5.74) is 0. The third-order valence-electron chi connectivity index (χ3n) is 19.0. The first-order valence-electron chi connectivity index (χ1n) is 31.6. The Morgan fingerprint density at radius 1 is 0.182 bits per heavy atom. The number of rotatable bonds is 13. The molecule has 27 N–H and O–H groups in total. The predicted octanol–water partition coefficient (Wildman–Crippen LogP) is -19.6. The lowest BCUT2D eigenvalue weighted by Crippen LogP contribution is -2.68. The molecule has 0 spiro atoms. The Morgan fingerprint density at radius 3 is 0.657 bits per heavy atom. The van der Waals surface area contributed by atoms with Gasteiger partial charge in [0, 0.05) is 0 Å². The van der Waals surface area contributed by atoms with E-state index in [-0.39, 0.29) is 0 Å². The summed E-state index contributed by atoms with van der Waals surface area (Å²) in [6.07, 6.45) is -94.3. The third-order valence-corrected chi connectivity index (χ3v) is 19.0. The van der Waals surface area contributed by atoms with Crippen LogP contribution in [-0.4, -0.2) is 474 Å². The van der Waals surface area contributed by atoms with Crippen molar-refractivity contribution in [2.45, 2.75) is 276 Å². The van der Waals surface area contributed by atoms with E-state index in [9.17, 15) is 138 Å². The van der Waals surface area contributed by atoms with Crippen molar-refractivity contribution in [2.75, 3.05) is 59.5 Å². The molecular formula is C54H90O45. The van der Waals surface area contributed by atoms with Crippen molar-refractivity contribution in [2.24, 2.45) is 0 Å². The Kier molecular flexibility index (Phi) is 27.4. The highest BCUT2D eigenvalue weighted by Crippen LogP contribution is 2.40. The summed E-state index contributed by atoms with van der Waals surface area (Å²) in [4.78, 5) is 0. The Labute approximate surface area is 558 Å². The lowest BCUT2D eigenvalue weighted by molar-refractivity contribution is -0.399. The maximum Gasteiger partial charge on any atom is 0.187 e. The molecule has 45 heteroatoms. The zero-order chi connectivity index (χ0) is 72.1. The van der Waals surface area contributed by atoms with Crippen LogP contribution in [0.1, 0.15) is 0 Å². The lowest BCUT2D eigenvalue weighted by atomic mass is 9.95. The highest BCUT2D eigenvalue weighted by molar-refractivity contribution is 5.03. The number of hydrogen-bond donors (Lipinski definition) is 27. The van der Waals surface area contributed by atoms with Crippen molar-refractivity contribution in [1.82, 2.24) is 0 Å². The first kappa shape index (κ1) is 79.8. The van der Waals surface area contributed by atoms with E-state index >= 15 is 0 Å². The van der Waals surface area contributed by atoms with Gasteiger partial charge in [-0.1, -0.05) is 0 Å². The molecule has 23 rings (SSSR count). The fraction of sp³-hybridized carbons (Fsp3) is 1.00. The van der Waals surface area contributed by atoms with Crippen LogP contribution in [0.25, 0.3) is 0 Å². The van der Waals surface area contributed by atoms with Crippen LogP contribution >= 0.6 is 0 Å². The van der Waals surface area contributed by atoms with Crippen LogP contribution in [-0.2, 0) is 85.3 Å². The molecule has 45 nitrogen and oxygen atoms in total. The molecule has 23 saturated heterocycles. The molecular weight excluding hydrogens is 1370 g/mol. The molecule has 23 heterocycles. The van der Waals surface area contributed by atoms with E-state index in [4.69, 9.17) is 85.3 Å². The van der Waals surface area contributed by atoms with Crippen LogP contribution < -0.4 is 0 Å². The quantitative estimate of drug-likeness (QED) is 0.0814. The van der Waals surface area contributed by atoms with Gasteiger partial charge in [0.1, 0.15) is 220 Å². The molecule has 23 aliphatic rings. The van der Waals surface area contributed by atoms with Crippen molar-refractivity contribution >= 4 is 0 Å². The maximum absolute atomic E-state index is 12.0. The number of aliphatic hydroxyl groups is 27. The molecule has 0 amide bonds. The summed E-state index contributed by atoms with van der Waals surface area (Å²) in [5.74, 6) is 0. The molecule has 0 saturated carbocycles. The SMILES string of the molecule is OC[C@H]1O[C@H](O[C@H]2[C@H](O)[C@@H](O)[C@@H](OC[C@H]3O[C@@H]4O[C@H]5[C@H](O)[C@@H](O)[C@@H](O[C@H]6[C@H](O)[C@@H](O)[C@@H](O[C@H]7[C@H](O)[C@@H](O)C(O[C@H]8[C@H](O)[C@@H](O)[C@@H](O[C@H]9[C@H](O)[C@@H](O)[C@@H](O[C@H]%10[C@H](O)[C@@H](O)[C@@H](O[C@H]3[C@@H](O)[C@@H]4O)O[C@@H]%10CO)O[C@@H]9CO)O[C@@H]8CO)O[C@@H]7CO)O[C@@H]6CO)O[C@@H]5CO)O[C@@H]2CO)[C@H](O)[C@@H](O)[C@@H]1O. The van der Waals surface area contributed by atoms with Crippen LogP contribution in [0.2, 0.25) is 0 Å². The molecule has 0 aliphatic carbocycles. The standard InChI is InChI=1S/C54H90O45/c55-1-10-19(63)20(64)29(73)47(83-10)92-38-11(2-56)84-46(30(74)21(38)65)82-9-18-45-28(72)37(81)54(91-18)98-44-17(8-62)89-52(35(79)26(44)70)96-42-15(6-60)87-50(33(77)24(42)68)94-40-13(4-58)85-48(31(75)22(40)66)93-39-12(3-57)86-49(32(76)23(39)67)95-41-14(5-59)88-51(34(78)25(41)69)97-43-16(7-61)90-53(99-45)36(80)27(43)71/h10-81H,1-9H2/t10-,11-,12-,13-,14-,15-,16-,17-,18-,19-,20+,21-,22-,23-,24-,25-,26-,27-,28+,29-,30-,31-,32-,33-,34-,35-,36-,37+,38-,39-,40-,41-,42-,43-,44-,45-,46+,47-,48?,49-,50-,51-,52-,53-,54-/m1/s1. The average Bonchev–Trinajstić information content (AvgIpc) is 0.754. The van der Waals surface area contributed by atoms with E-state index < -0.39 is 336 Å². The second kappa shape index (κ2) is 34.0. The van der Waals surface area contributed by atoms with Gasteiger partial charge in [0.2, 0.25) is 0 Å². The molecule has 23 aliphatic heterocycles. The summed E-state index contributed by atoms with van der Waals surface area (Å²) < 4.78 is 103. The van der Waals surface area contributed by atoms with Crippen LogP contribution in [0.15, 0.2) is 0 Å². The highest BCUT2D eigenvalue weighted by atomic mass is 16.8.